The summed E-state index contributed by atoms with van der Waals surface area (Å²) in [5.41, 5.74) is 1.33. The number of rotatable bonds is 12. The Bertz CT molecular complexity index is 1250. The molecular weight excluding hydrogens is 630 g/mol. The summed E-state index contributed by atoms with van der Waals surface area (Å²) < 4.78 is 46.5. The number of nitrogens with zero attached hydrogens (tertiary/aromatic N) is 2. The lowest BCUT2D eigenvalue weighted by atomic mass is 9.88. The molecule has 4 rings (SSSR count). The molecule has 3 unspecified atom stereocenters. The number of amides is 1. The number of carbonyl (C=O) groups is 2. The summed E-state index contributed by atoms with van der Waals surface area (Å²) >= 11 is 0. The van der Waals surface area contributed by atoms with Gasteiger partial charge in [-0.05, 0) is 85.3 Å². The maximum atomic E-state index is 14.2. The average molecular weight is 677 g/mol. The fourth-order valence-electron chi connectivity index (χ4n) is 6.68. The number of hydrogen-bond acceptors (Lipinski definition) is 5. The summed E-state index contributed by atoms with van der Waals surface area (Å²) in [7, 11) is 0. The highest BCUT2D eigenvalue weighted by atomic mass is 35.5. The van der Waals surface area contributed by atoms with Crippen molar-refractivity contribution in [3.8, 4) is 0 Å². The van der Waals surface area contributed by atoms with Gasteiger partial charge < -0.3 is 25.0 Å². The molecule has 2 fully saturated rings. The number of benzene rings is 2. The van der Waals surface area contributed by atoms with Crippen LogP contribution in [0.4, 0.5) is 18.0 Å². The van der Waals surface area contributed by atoms with Gasteiger partial charge in [0.25, 0.3) is 0 Å². The monoisotopic (exact) mass is 675 g/mol. The Balaban J connectivity index is 0.00000353. The quantitative estimate of drug-likeness (QED) is 0.252. The van der Waals surface area contributed by atoms with Crippen LogP contribution < -0.4 is 5.32 Å². The van der Waals surface area contributed by atoms with Gasteiger partial charge in [0.15, 0.2) is 11.6 Å². The number of halogens is 5. The average Bonchev–Trinajstić information content (AvgIpc) is 3.37. The highest BCUT2D eigenvalue weighted by Crippen LogP contribution is 2.41. The maximum Gasteiger partial charge on any atom is 0.410 e. The molecule has 0 bridgehead atoms. The third kappa shape index (κ3) is 10.5. The normalized spacial score (nSPS) is 21.1. The molecular formula is C33H46Cl2F3N3O4. The van der Waals surface area contributed by atoms with Gasteiger partial charge in [0, 0.05) is 38.3 Å². The Hall–Kier alpha value is -2.53. The number of piperidine rings is 1. The van der Waals surface area contributed by atoms with Gasteiger partial charge in [-0.2, -0.15) is 0 Å². The Labute approximate surface area is 276 Å². The molecule has 1 aliphatic heterocycles. The molecule has 2 aliphatic rings. The van der Waals surface area contributed by atoms with Crippen LogP contribution in [0.5, 0.6) is 0 Å². The molecule has 12 heteroatoms. The largest absolute Gasteiger partial charge is 0.480 e. The van der Waals surface area contributed by atoms with Crippen LogP contribution in [0.2, 0.25) is 0 Å². The van der Waals surface area contributed by atoms with E-state index in [1.807, 2.05) is 26.8 Å². The van der Waals surface area contributed by atoms with E-state index < -0.39 is 29.7 Å². The van der Waals surface area contributed by atoms with Gasteiger partial charge in [-0.3, -0.25) is 4.79 Å². The van der Waals surface area contributed by atoms with Gasteiger partial charge in [-0.1, -0.05) is 39.0 Å². The van der Waals surface area contributed by atoms with Crippen molar-refractivity contribution >= 4 is 36.9 Å². The summed E-state index contributed by atoms with van der Waals surface area (Å²) in [6.45, 7) is 8.58. The van der Waals surface area contributed by atoms with Crippen molar-refractivity contribution in [1.29, 1.82) is 0 Å². The van der Waals surface area contributed by atoms with Crippen molar-refractivity contribution in [2.75, 3.05) is 26.2 Å². The molecule has 1 saturated carbocycles. The van der Waals surface area contributed by atoms with E-state index in [9.17, 15) is 27.9 Å². The number of carbonyl (C=O) groups excluding carboxylic acids is 1. The molecule has 0 radical (unpaired) electrons. The van der Waals surface area contributed by atoms with Crippen molar-refractivity contribution in [3.05, 3.63) is 71.0 Å². The number of aliphatic carboxylic acids is 1. The van der Waals surface area contributed by atoms with Crippen LogP contribution in [-0.4, -0.2) is 71.3 Å². The van der Waals surface area contributed by atoms with Gasteiger partial charge in [0.05, 0.1) is 0 Å². The first-order chi connectivity index (χ1) is 20.5. The maximum absolute atomic E-state index is 14.2. The van der Waals surface area contributed by atoms with Crippen LogP contribution in [-0.2, 0) is 16.1 Å². The van der Waals surface area contributed by atoms with Crippen LogP contribution in [0, 0.1) is 29.3 Å². The minimum absolute atomic E-state index is 0. The van der Waals surface area contributed by atoms with Crippen LogP contribution in [0.15, 0.2) is 42.5 Å². The van der Waals surface area contributed by atoms with E-state index in [1.165, 1.54) is 12.1 Å². The summed E-state index contributed by atoms with van der Waals surface area (Å²) in [4.78, 5) is 29.0. The number of nitrogens with one attached hydrogen (secondary N) is 1. The van der Waals surface area contributed by atoms with Crippen LogP contribution in [0.1, 0.15) is 69.9 Å². The lowest BCUT2D eigenvalue weighted by Gasteiger charge is -2.39. The molecule has 45 heavy (non-hydrogen) atoms. The summed E-state index contributed by atoms with van der Waals surface area (Å²) in [6.07, 6.45) is 3.39. The van der Waals surface area contributed by atoms with E-state index in [2.05, 4.69) is 10.2 Å². The molecule has 2 N–H and O–H groups in total. The molecule has 252 valence electrons. The second-order valence-corrected chi connectivity index (χ2v) is 12.3. The number of likely N-dealkylation sites (tertiary alicyclic amines) is 1. The molecule has 2 aromatic rings. The summed E-state index contributed by atoms with van der Waals surface area (Å²) in [5.74, 6) is -2.77. The molecule has 0 aromatic heterocycles. The SMILES string of the molecule is CCCN(C(=O)OCc1ccc(F)c(F)c1)C1CCN(CC2CC(N[C@@H](C(=O)O)C(C)C)CC2c2cccc(F)c2)CC1.Cl.Cl. The predicted octanol–water partition coefficient (Wildman–Crippen LogP) is 7.02. The van der Waals surface area contributed by atoms with Crippen LogP contribution >= 0.6 is 24.8 Å². The number of hydrogen-bond donors (Lipinski definition) is 2. The van der Waals surface area contributed by atoms with E-state index in [0.29, 0.717) is 12.1 Å². The van der Waals surface area contributed by atoms with Crippen LogP contribution in [0.25, 0.3) is 0 Å². The van der Waals surface area contributed by atoms with E-state index in [-0.39, 0.29) is 67.1 Å². The molecule has 7 nitrogen and oxygen atoms in total. The topological polar surface area (TPSA) is 82.1 Å². The first-order valence-electron chi connectivity index (χ1n) is 15.4. The number of carboxylic acid groups (broad SMARTS) is 1. The number of ether oxygens (including phenoxy) is 1. The predicted molar refractivity (Wildman–Crippen MR) is 173 cm³/mol. The molecule has 1 heterocycles. The Morgan fingerprint density at radius 2 is 1.76 bits per heavy atom. The molecule has 4 atom stereocenters. The van der Waals surface area contributed by atoms with E-state index >= 15 is 0 Å². The van der Waals surface area contributed by atoms with E-state index in [1.54, 1.807) is 17.0 Å². The minimum Gasteiger partial charge on any atom is -0.480 e. The highest BCUT2D eigenvalue weighted by Gasteiger charge is 2.39. The Morgan fingerprint density at radius 1 is 1.04 bits per heavy atom. The van der Waals surface area contributed by atoms with Crippen molar-refractivity contribution in [2.24, 2.45) is 11.8 Å². The third-order valence-electron chi connectivity index (χ3n) is 8.86. The molecule has 0 spiro atoms. The molecule has 1 saturated heterocycles. The third-order valence-corrected chi connectivity index (χ3v) is 8.86. The Kier molecular flexibility index (Phi) is 15.4. The second kappa shape index (κ2) is 18.0. The van der Waals surface area contributed by atoms with Crippen molar-refractivity contribution in [2.45, 2.75) is 83.5 Å². The fraction of sp³-hybridized carbons (Fsp3) is 0.576. The van der Waals surface area contributed by atoms with Gasteiger partial charge in [0.2, 0.25) is 0 Å². The van der Waals surface area contributed by atoms with Crippen molar-refractivity contribution in [3.63, 3.8) is 0 Å². The minimum atomic E-state index is -0.975. The van der Waals surface area contributed by atoms with Crippen molar-refractivity contribution < 1.29 is 32.6 Å². The fourth-order valence-corrected chi connectivity index (χ4v) is 6.68. The number of carboxylic acids is 1. The van der Waals surface area contributed by atoms with Gasteiger partial charge in [-0.15, -0.1) is 24.8 Å². The van der Waals surface area contributed by atoms with Gasteiger partial charge >= 0.3 is 12.1 Å². The Morgan fingerprint density at radius 3 is 2.36 bits per heavy atom. The molecule has 2 aromatic carbocycles. The lowest BCUT2D eigenvalue weighted by Crippen LogP contribution is -2.49. The standard InChI is InChI=1S/C33H44F3N3O4.2ClH/c1-4-12-39(33(42)43-20-22-8-9-29(35)30(36)15-22)27-10-13-38(14-11-27)19-24-17-26(37-31(21(2)3)32(40)41)18-28(24)23-6-5-7-25(34)16-23;;/h5-9,15-16,21,24,26-28,31,37H,4,10-14,17-20H2,1-3H3,(H,40,41);2*1H/t24?,26?,28?,31-;;/m1../s1. The van der Waals surface area contributed by atoms with Crippen molar-refractivity contribution in [1.82, 2.24) is 15.1 Å². The lowest BCUT2D eigenvalue weighted by molar-refractivity contribution is -0.140. The molecule has 1 aliphatic carbocycles. The summed E-state index contributed by atoms with van der Waals surface area (Å²) in [6, 6.07) is 9.58. The van der Waals surface area contributed by atoms with Gasteiger partial charge in [0.1, 0.15) is 18.5 Å². The second-order valence-electron chi connectivity index (χ2n) is 12.3. The first kappa shape index (κ1) is 38.7. The smallest absolute Gasteiger partial charge is 0.410 e. The van der Waals surface area contributed by atoms with E-state index in [0.717, 1.165) is 69.4 Å². The molecule has 1 amide bonds. The van der Waals surface area contributed by atoms with Gasteiger partial charge in [-0.25, -0.2) is 18.0 Å². The zero-order valence-electron chi connectivity index (χ0n) is 26.1. The zero-order chi connectivity index (χ0) is 31.1. The first-order valence-corrected chi connectivity index (χ1v) is 15.4. The summed E-state index contributed by atoms with van der Waals surface area (Å²) in [5, 5.41) is 13.1. The van der Waals surface area contributed by atoms with E-state index in [4.69, 9.17) is 4.74 Å². The zero-order valence-corrected chi connectivity index (χ0v) is 27.7. The van der Waals surface area contributed by atoms with Crippen LogP contribution in [0.3, 0.4) is 0 Å². The highest BCUT2D eigenvalue weighted by molar-refractivity contribution is 5.85.